The maximum atomic E-state index is 14.3. The second-order valence-corrected chi connectivity index (χ2v) is 8.93. The molecule has 0 saturated carbocycles. The van der Waals surface area contributed by atoms with E-state index in [0.29, 0.717) is 49.0 Å². The van der Waals surface area contributed by atoms with Gasteiger partial charge in [0.15, 0.2) is 5.76 Å². The number of benzene rings is 2. The Morgan fingerprint density at radius 1 is 0.974 bits per heavy atom. The summed E-state index contributed by atoms with van der Waals surface area (Å²) in [6.07, 6.45) is 1.51. The molecule has 1 atom stereocenters. The standard InChI is InChI=1S/C26H23F2N9O2/c27-17-8-9-19(18(28)15-17)35-10-12-36(13-11-35)23(38)21(16-5-2-1-3-6-16)30-25-32-24(29)37-26(33-25)31-22(34-37)20-7-4-14-39-20/h1-9,14-15,21H,10-13H2,(H3,29,30,31,32,33,34)/t21-/m0/s1. The Hall–Kier alpha value is -5.07. The molecule has 4 heterocycles. The van der Waals surface area contributed by atoms with Crippen molar-refractivity contribution in [2.75, 3.05) is 42.1 Å². The third-order valence-corrected chi connectivity index (χ3v) is 6.47. The summed E-state index contributed by atoms with van der Waals surface area (Å²) >= 11 is 0. The van der Waals surface area contributed by atoms with E-state index in [2.05, 4.69) is 25.4 Å². The fourth-order valence-electron chi connectivity index (χ4n) is 4.53. The van der Waals surface area contributed by atoms with Crippen LogP contribution in [0, 0.1) is 11.6 Å². The molecule has 198 valence electrons. The van der Waals surface area contributed by atoms with E-state index in [1.165, 1.54) is 22.9 Å². The SMILES string of the molecule is Nc1nc(N[C@H](C(=O)N2CCN(c3ccc(F)cc3F)CC2)c2ccccc2)nc2nc(-c3ccco3)nn12. The van der Waals surface area contributed by atoms with Gasteiger partial charge in [0.1, 0.15) is 17.7 Å². The van der Waals surface area contributed by atoms with E-state index in [-0.39, 0.29) is 23.6 Å². The lowest BCUT2D eigenvalue weighted by Crippen LogP contribution is -2.51. The Labute approximate surface area is 220 Å². The lowest BCUT2D eigenvalue weighted by molar-refractivity contribution is -0.132. The van der Waals surface area contributed by atoms with Crippen LogP contribution in [0.3, 0.4) is 0 Å². The van der Waals surface area contributed by atoms with Crippen LogP contribution >= 0.6 is 0 Å². The minimum absolute atomic E-state index is 0.0296. The van der Waals surface area contributed by atoms with Crippen LogP contribution in [0.1, 0.15) is 11.6 Å². The highest BCUT2D eigenvalue weighted by Gasteiger charge is 2.30. The number of piperazine rings is 1. The second kappa shape index (κ2) is 10.0. The van der Waals surface area contributed by atoms with Crippen molar-refractivity contribution in [2.24, 2.45) is 0 Å². The van der Waals surface area contributed by atoms with Gasteiger partial charge in [-0.2, -0.15) is 19.5 Å². The van der Waals surface area contributed by atoms with Crippen molar-refractivity contribution >= 4 is 29.3 Å². The van der Waals surface area contributed by atoms with Gasteiger partial charge in [-0.05, 0) is 29.8 Å². The number of carbonyl (C=O) groups excluding carboxylic acids is 1. The average Bonchev–Trinajstić information content (AvgIpc) is 3.63. The first-order valence-corrected chi connectivity index (χ1v) is 12.2. The van der Waals surface area contributed by atoms with Crippen LogP contribution in [0.15, 0.2) is 71.3 Å². The summed E-state index contributed by atoms with van der Waals surface area (Å²) in [4.78, 5) is 30.3. The maximum Gasteiger partial charge on any atom is 0.259 e. The second-order valence-electron chi connectivity index (χ2n) is 8.93. The van der Waals surface area contributed by atoms with Crippen LogP contribution in [0.4, 0.5) is 26.4 Å². The molecule has 0 bridgehead atoms. The van der Waals surface area contributed by atoms with Crippen molar-refractivity contribution in [1.82, 2.24) is 29.5 Å². The lowest BCUT2D eigenvalue weighted by atomic mass is 10.1. The van der Waals surface area contributed by atoms with Crippen molar-refractivity contribution in [3.05, 3.63) is 84.1 Å². The predicted octanol–water partition coefficient (Wildman–Crippen LogP) is 3.14. The van der Waals surface area contributed by atoms with Gasteiger partial charge in [-0.25, -0.2) is 8.78 Å². The number of furan rings is 1. The summed E-state index contributed by atoms with van der Waals surface area (Å²) in [5, 5.41) is 7.41. The Balaban J connectivity index is 1.24. The molecule has 1 fully saturated rings. The highest BCUT2D eigenvalue weighted by Crippen LogP contribution is 2.25. The summed E-state index contributed by atoms with van der Waals surface area (Å²) in [5.41, 5.74) is 7.14. The zero-order valence-corrected chi connectivity index (χ0v) is 20.5. The van der Waals surface area contributed by atoms with Gasteiger partial charge < -0.3 is 25.3 Å². The van der Waals surface area contributed by atoms with Crippen LogP contribution in [0.25, 0.3) is 17.4 Å². The van der Waals surface area contributed by atoms with Crippen molar-refractivity contribution in [2.45, 2.75) is 6.04 Å². The van der Waals surface area contributed by atoms with Gasteiger partial charge in [-0.15, -0.1) is 5.10 Å². The van der Waals surface area contributed by atoms with Gasteiger partial charge in [0, 0.05) is 32.2 Å². The van der Waals surface area contributed by atoms with Crippen LogP contribution < -0.4 is 16.0 Å². The van der Waals surface area contributed by atoms with Crippen LogP contribution in [-0.4, -0.2) is 61.6 Å². The van der Waals surface area contributed by atoms with E-state index in [1.54, 1.807) is 21.9 Å². The van der Waals surface area contributed by atoms with Crippen LogP contribution in [0.2, 0.25) is 0 Å². The summed E-state index contributed by atoms with van der Waals surface area (Å²) in [6.45, 7) is 1.47. The molecule has 5 aromatic rings. The van der Waals surface area contributed by atoms with Gasteiger partial charge in [-0.1, -0.05) is 30.3 Å². The smallest absolute Gasteiger partial charge is 0.259 e. The fourth-order valence-corrected chi connectivity index (χ4v) is 4.53. The number of hydrogen-bond donors (Lipinski definition) is 2. The number of rotatable bonds is 6. The van der Waals surface area contributed by atoms with Crippen molar-refractivity contribution in [1.29, 1.82) is 0 Å². The van der Waals surface area contributed by atoms with Gasteiger partial charge >= 0.3 is 0 Å². The largest absolute Gasteiger partial charge is 0.461 e. The summed E-state index contributed by atoms with van der Waals surface area (Å²) in [5.74, 6) is -0.408. The van der Waals surface area contributed by atoms with Crippen molar-refractivity contribution in [3.8, 4) is 11.6 Å². The van der Waals surface area contributed by atoms with Crippen molar-refractivity contribution in [3.63, 3.8) is 0 Å². The fraction of sp³-hybridized carbons (Fsp3) is 0.192. The minimum Gasteiger partial charge on any atom is -0.461 e. The molecule has 1 amide bonds. The molecular formula is C26H23F2N9O2. The first-order valence-electron chi connectivity index (χ1n) is 12.2. The molecule has 1 aliphatic rings. The van der Waals surface area contributed by atoms with E-state index in [1.807, 2.05) is 30.3 Å². The minimum atomic E-state index is -0.824. The highest BCUT2D eigenvalue weighted by atomic mass is 19.1. The van der Waals surface area contributed by atoms with E-state index in [0.717, 1.165) is 6.07 Å². The number of nitrogen functional groups attached to an aromatic ring is 1. The van der Waals surface area contributed by atoms with Crippen LogP contribution in [0.5, 0.6) is 0 Å². The highest BCUT2D eigenvalue weighted by molar-refractivity contribution is 5.86. The van der Waals surface area contributed by atoms with Crippen LogP contribution in [-0.2, 0) is 4.79 Å². The Bertz CT molecular complexity index is 1620. The lowest BCUT2D eigenvalue weighted by Gasteiger charge is -2.37. The number of nitrogens with two attached hydrogens (primary N) is 1. The molecule has 0 radical (unpaired) electrons. The Morgan fingerprint density at radius 3 is 2.49 bits per heavy atom. The number of nitrogens with zero attached hydrogens (tertiary/aromatic N) is 7. The first-order chi connectivity index (χ1) is 19.0. The van der Waals surface area contributed by atoms with Gasteiger partial charge in [0.05, 0.1) is 12.0 Å². The van der Waals surface area contributed by atoms with E-state index >= 15 is 0 Å². The van der Waals surface area contributed by atoms with Gasteiger partial charge in [0.25, 0.3) is 5.78 Å². The molecule has 6 rings (SSSR count). The Morgan fingerprint density at radius 2 is 1.77 bits per heavy atom. The van der Waals surface area contributed by atoms with E-state index in [9.17, 15) is 13.6 Å². The third kappa shape index (κ3) is 4.81. The molecule has 0 unspecified atom stereocenters. The number of nitrogens with one attached hydrogen (secondary N) is 1. The number of amides is 1. The number of fused-ring (bicyclic) bond motifs is 1. The number of anilines is 3. The zero-order valence-electron chi connectivity index (χ0n) is 20.5. The molecule has 1 aliphatic heterocycles. The Kier molecular flexibility index (Phi) is 6.23. The first kappa shape index (κ1) is 24.3. The molecule has 11 nitrogen and oxygen atoms in total. The number of carbonyl (C=O) groups is 1. The molecule has 13 heteroatoms. The third-order valence-electron chi connectivity index (χ3n) is 6.47. The zero-order chi connectivity index (χ0) is 26.9. The normalized spacial score (nSPS) is 14.5. The maximum absolute atomic E-state index is 14.3. The molecule has 2 aromatic carbocycles. The molecule has 39 heavy (non-hydrogen) atoms. The summed E-state index contributed by atoms with van der Waals surface area (Å²) in [7, 11) is 0. The van der Waals surface area contributed by atoms with E-state index < -0.39 is 17.7 Å². The molecule has 3 N–H and O–H groups in total. The summed E-state index contributed by atoms with van der Waals surface area (Å²) < 4.78 is 34.3. The van der Waals surface area contributed by atoms with Gasteiger partial charge in [-0.3, -0.25) is 4.79 Å². The number of hydrogen-bond acceptors (Lipinski definition) is 9. The molecular weight excluding hydrogens is 508 g/mol. The average molecular weight is 532 g/mol. The van der Waals surface area contributed by atoms with Crippen molar-refractivity contribution < 1.29 is 18.0 Å². The van der Waals surface area contributed by atoms with E-state index in [4.69, 9.17) is 10.2 Å². The molecule has 3 aromatic heterocycles. The van der Waals surface area contributed by atoms with Gasteiger partial charge in [0.2, 0.25) is 23.6 Å². The molecule has 1 saturated heterocycles. The quantitative estimate of drug-likeness (QED) is 0.339. The number of halogens is 2. The molecule has 0 spiro atoms. The topological polar surface area (TPSA) is 131 Å². The predicted molar refractivity (Wildman–Crippen MR) is 139 cm³/mol. The molecule has 0 aliphatic carbocycles. The monoisotopic (exact) mass is 531 g/mol. The number of aromatic nitrogens is 5. The summed E-state index contributed by atoms with van der Waals surface area (Å²) in [6, 6.07) is 15.3.